The highest BCUT2D eigenvalue weighted by atomic mass is 16.6. The van der Waals surface area contributed by atoms with Crippen molar-refractivity contribution in [1.29, 1.82) is 0 Å². The Morgan fingerprint density at radius 1 is 0.328 bits per heavy atom. The number of ether oxygens (including phenoxy) is 3. The molecule has 0 aromatic carbocycles. The van der Waals surface area contributed by atoms with Gasteiger partial charge in [-0.05, 0) is 44.9 Å². The maximum Gasteiger partial charge on any atom is 0.306 e. The van der Waals surface area contributed by atoms with Crippen molar-refractivity contribution in [2.45, 2.75) is 290 Å². The summed E-state index contributed by atoms with van der Waals surface area (Å²) in [6, 6.07) is 0. The number of carbonyl (C=O) groups excluding carboxylic acids is 3. The molecule has 0 bridgehead atoms. The van der Waals surface area contributed by atoms with Gasteiger partial charge in [0.1, 0.15) is 13.2 Å². The minimum absolute atomic E-state index is 0.0662. The van der Waals surface area contributed by atoms with E-state index < -0.39 is 6.10 Å². The molecule has 1 atom stereocenters. The van der Waals surface area contributed by atoms with Crippen LogP contribution in [0.3, 0.4) is 0 Å². The number of esters is 3. The van der Waals surface area contributed by atoms with E-state index in [2.05, 4.69) is 32.9 Å². The van der Waals surface area contributed by atoms with Crippen LogP contribution in [0.15, 0.2) is 12.2 Å². The van der Waals surface area contributed by atoms with E-state index in [-0.39, 0.29) is 31.1 Å². The molecule has 0 heterocycles. The quantitative estimate of drug-likeness (QED) is 0.0263. The van der Waals surface area contributed by atoms with Gasteiger partial charge >= 0.3 is 17.9 Å². The van der Waals surface area contributed by atoms with E-state index in [1.807, 2.05) is 0 Å². The van der Waals surface area contributed by atoms with Crippen molar-refractivity contribution < 1.29 is 28.6 Å². The number of unbranched alkanes of at least 4 members (excludes halogenated alkanes) is 34. The van der Waals surface area contributed by atoms with E-state index in [0.29, 0.717) is 19.3 Å². The summed E-state index contributed by atoms with van der Waals surface area (Å²) < 4.78 is 16.8. The first kappa shape index (κ1) is 56.1. The molecule has 6 heteroatoms. The summed E-state index contributed by atoms with van der Waals surface area (Å²) in [5, 5.41) is 0. The molecule has 0 aromatic rings. The van der Waals surface area contributed by atoms with Crippen molar-refractivity contribution in [3.8, 4) is 0 Å². The van der Waals surface area contributed by atoms with Gasteiger partial charge in [0.15, 0.2) is 6.10 Å². The predicted molar refractivity (Wildman–Crippen MR) is 247 cm³/mol. The molecule has 0 rings (SSSR count). The molecule has 6 nitrogen and oxygen atoms in total. The molecule has 0 fully saturated rings. The third-order valence-electron chi connectivity index (χ3n) is 11.5. The molecule has 0 aromatic heterocycles. The van der Waals surface area contributed by atoms with Gasteiger partial charge in [-0.2, -0.15) is 0 Å². The van der Waals surface area contributed by atoms with Gasteiger partial charge < -0.3 is 14.2 Å². The molecule has 0 saturated heterocycles. The summed E-state index contributed by atoms with van der Waals surface area (Å²) in [6.45, 7) is 6.65. The van der Waals surface area contributed by atoms with Crippen LogP contribution in [0.2, 0.25) is 0 Å². The maximum absolute atomic E-state index is 12.7. The van der Waals surface area contributed by atoms with E-state index in [4.69, 9.17) is 14.2 Å². The second-order valence-corrected chi connectivity index (χ2v) is 17.4. The molecule has 0 N–H and O–H groups in total. The molecule has 1 unspecified atom stereocenters. The van der Waals surface area contributed by atoms with Crippen LogP contribution >= 0.6 is 0 Å². The van der Waals surface area contributed by atoms with E-state index in [9.17, 15) is 14.4 Å². The number of hydrogen-bond acceptors (Lipinski definition) is 6. The average Bonchev–Trinajstić information content (AvgIpc) is 3.22. The molecular weight excluding hydrogens is 721 g/mol. The Kier molecular flexibility index (Phi) is 46.3. The number of hydrogen-bond donors (Lipinski definition) is 0. The van der Waals surface area contributed by atoms with E-state index in [1.54, 1.807) is 0 Å². The van der Waals surface area contributed by atoms with Crippen LogP contribution in [0.4, 0.5) is 0 Å². The molecule has 0 amide bonds. The lowest BCUT2D eigenvalue weighted by Crippen LogP contribution is -2.30. The first-order valence-corrected chi connectivity index (χ1v) is 25.7. The lowest BCUT2D eigenvalue weighted by atomic mass is 10.0. The zero-order valence-corrected chi connectivity index (χ0v) is 39.1. The van der Waals surface area contributed by atoms with Crippen molar-refractivity contribution >= 4 is 17.9 Å². The second kappa shape index (κ2) is 47.8. The highest BCUT2D eigenvalue weighted by molar-refractivity contribution is 5.71. The van der Waals surface area contributed by atoms with E-state index in [1.165, 1.54) is 186 Å². The molecule has 0 aliphatic heterocycles. The largest absolute Gasteiger partial charge is 0.462 e. The van der Waals surface area contributed by atoms with Crippen LogP contribution in [0, 0.1) is 0 Å². The van der Waals surface area contributed by atoms with Gasteiger partial charge in [-0.1, -0.05) is 232 Å². The fourth-order valence-electron chi connectivity index (χ4n) is 7.61. The van der Waals surface area contributed by atoms with Crippen molar-refractivity contribution in [2.75, 3.05) is 13.2 Å². The van der Waals surface area contributed by atoms with E-state index in [0.717, 1.165) is 57.8 Å². The molecule has 0 spiro atoms. The molecule has 0 saturated carbocycles. The Balaban J connectivity index is 4.30. The van der Waals surface area contributed by atoms with Gasteiger partial charge in [-0.15, -0.1) is 0 Å². The summed E-state index contributed by atoms with van der Waals surface area (Å²) in [5.41, 5.74) is 0. The third-order valence-corrected chi connectivity index (χ3v) is 11.5. The van der Waals surface area contributed by atoms with E-state index >= 15 is 0 Å². The van der Waals surface area contributed by atoms with Gasteiger partial charge in [0.05, 0.1) is 0 Å². The Morgan fingerprint density at radius 2 is 0.569 bits per heavy atom. The first-order valence-electron chi connectivity index (χ1n) is 25.7. The normalized spacial score (nSPS) is 12.0. The molecular formula is C52H98O6. The Hall–Kier alpha value is -1.85. The first-order chi connectivity index (χ1) is 28.5. The number of carbonyl (C=O) groups is 3. The maximum atomic E-state index is 12.7. The van der Waals surface area contributed by atoms with Crippen molar-refractivity contribution in [2.24, 2.45) is 0 Å². The summed E-state index contributed by atoms with van der Waals surface area (Å²) in [7, 11) is 0. The summed E-state index contributed by atoms with van der Waals surface area (Å²) >= 11 is 0. The third kappa shape index (κ3) is 45.2. The summed E-state index contributed by atoms with van der Waals surface area (Å²) in [6.07, 6.45) is 51.9. The molecule has 0 aliphatic rings. The van der Waals surface area contributed by atoms with Crippen LogP contribution in [-0.2, 0) is 28.6 Å². The van der Waals surface area contributed by atoms with Gasteiger partial charge in [0, 0.05) is 19.3 Å². The fraction of sp³-hybridized carbons (Fsp3) is 0.904. The summed E-state index contributed by atoms with van der Waals surface area (Å²) in [5.74, 6) is -0.856. The zero-order chi connectivity index (χ0) is 42.3. The van der Waals surface area contributed by atoms with Crippen LogP contribution in [0.1, 0.15) is 284 Å². The van der Waals surface area contributed by atoms with Crippen LogP contribution < -0.4 is 0 Å². The van der Waals surface area contributed by atoms with Gasteiger partial charge in [-0.3, -0.25) is 14.4 Å². The standard InChI is InChI=1S/C52H98O6/c1-4-7-10-13-16-19-22-24-25-26-27-28-31-33-36-39-42-45-51(54)57-48-49(47-56-50(53)44-41-38-35-32-29-21-18-15-12-9-6-3)58-52(55)46-43-40-37-34-30-23-20-17-14-11-8-5-2/h24-25,49H,4-23,26-48H2,1-3H3/b25-24-. The minimum Gasteiger partial charge on any atom is -0.462 e. The Labute approximate surface area is 360 Å². The summed E-state index contributed by atoms with van der Waals surface area (Å²) in [4.78, 5) is 37.9. The lowest BCUT2D eigenvalue weighted by Gasteiger charge is -2.18. The van der Waals surface area contributed by atoms with Crippen molar-refractivity contribution in [3.05, 3.63) is 12.2 Å². The van der Waals surface area contributed by atoms with Crippen LogP contribution in [0.25, 0.3) is 0 Å². The highest BCUT2D eigenvalue weighted by Crippen LogP contribution is 2.16. The van der Waals surface area contributed by atoms with Crippen molar-refractivity contribution in [3.63, 3.8) is 0 Å². The monoisotopic (exact) mass is 819 g/mol. The number of rotatable bonds is 47. The average molecular weight is 819 g/mol. The van der Waals surface area contributed by atoms with Gasteiger partial charge in [-0.25, -0.2) is 0 Å². The minimum atomic E-state index is -0.763. The second-order valence-electron chi connectivity index (χ2n) is 17.4. The molecule has 58 heavy (non-hydrogen) atoms. The van der Waals surface area contributed by atoms with Gasteiger partial charge in [0.2, 0.25) is 0 Å². The van der Waals surface area contributed by atoms with Crippen molar-refractivity contribution in [1.82, 2.24) is 0 Å². The number of allylic oxidation sites excluding steroid dienone is 2. The topological polar surface area (TPSA) is 78.9 Å². The smallest absolute Gasteiger partial charge is 0.306 e. The Bertz CT molecular complexity index is 900. The zero-order valence-electron chi connectivity index (χ0n) is 39.1. The lowest BCUT2D eigenvalue weighted by molar-refractivity contribution is -0.167. The molecule has 0 radical (unpaired) electrons. The fourth-order valence-corrected chi connectivity index (χ4v) is 7.61. The SMILES string of the molecule is CCCCCCCC/C=C\CCCCCCCCCC(=O)OCC(COC(=O)CCCCCCCCCCCCC)OC(=O)CCCCCCCCCCCCCC. The van der Waals surface area contributed by atoms with Crippen LogP contribution in [-0.4, -0.2) is 37.2 Å². The Morgan fingerprint density at radius 3 is 0.862 bits per heavy atom. The molecule has 0 aliphatic carbocycles. The molecule has 342 valence electrons. The highest BCUT2D eigenvalue weighted by Gasteiger charge is 2.19. The van der Waals surface area contributed by atoms with Gasteiger partial charge in [0.25, 0.3) is 0 Å². The predicted octanol–water partition coefficient (Wildman–Crippen LogP) is 16.6. The van der Waals surface area contributed by atoms with Crippen LogP contribution in [0.5, 0.6) is 0 Å².